The molecule has 3 amide bonds. The first-order valence-electron chi connectivity index (χ1n) is 11.1. The smallest absolute Gasteiger partial charge is 0.343 e. The van der Waals surface area contributed by atoms with Crippen molar-refractivity contribution < 1.29 is 18.8 Å². The summed E-state index contributed by atoms with van der Waals surface area (Å²) in [6, 6.07) is 13.3. The highest BCUT2D eigenvalue weighted by atomic mass is 19.1. The lowest BCUT2D eigenvalue weighted by molar-refractivity contribution is -0.127. The van der Waals surface area contributed by atoms with Crippen LogP contribution in [0.4, 0.5) is 9.18 Å². The number of benzene rings is 2. The Labute approximate surface area is 196 Å². The second-order valence-electron chi connectivity index (χ2n) is 8.38. The summed E-state index contributed by atoms with van der Waals surface area (Å²) in [5, 5.41) is 2.88. The fourth-order valence-corrected chi connectivity index (χ4v) is 3.98. The number of urea groups is 1. The highest BCUT2D eigenvalue weighted by molar-refractivity contribution is 6.44. The number of hydrogen-bond acceptors (Lipinski definition) is 3. The van der Waals surface area contributed by atoms with Crippen molar-refractivity contribution in [2.75, 3.05) is 26.2 Å². The van der Waals surface area contributed by atoms with Gasteiger partial charge in [0.1, 0.15) is 11.7 Å². The molecule has 9 heteroatoms. The Bertz CT molecular complexity index is 1240. The van der Waals surface area contributed by atoms with Gasteiger partial charge < -0.3 is 20.1 Å². The van der Waals surface area contributed by atoms with Crippen molar-refractivity contribution in [2.24, 2.45) is 4.99 Å². The van der Waals surface area contributed by atoms with Crippen molar-refractivity contribution in [3.63, 3.8) is 0 Å². The first-order chi connectivity index (χ1) is 16.3. The number of aliphatic imine (C=N–C) groups is 1. The normalized spacial score (nSPS) is 14.5. The van der Waals surface area contributed by atoms with Crippen LogP contribution >= 0.6 is 0 Å². The van der Waals surface area contributed by atoms with Gasteiger partial charge in [0.25, 0.3) is 11.7 Å². The summed E-state index contributed by atoms with van der Waals surface area (Å²) in [5.41, 5.74) is 1.27. The van der Waals surface area contributed by atoms with Crippen LogP contribution in [-0.4, -0.2) is 70.6 Å². The molecule has 176 valence electrons. The Balaban J connectivity index is 1.49. The third-order valence-electron chi connectivity index (χ3n) is 5.61. The number of ketones is 1. The molecule has 8 nitrogen and oxygen atoms in total. The van der Waals surface area contributed by atoms with E-state index in [0.29, 0.717) is 24.4 Å². The van der Waals surface area contributed by atoms with Gasteiger partial charge in [0.2, 0.25) is 0 Å². The van der Waals surface area contributed by atoms with Gasteiger partial charge in [-0.3, -0.25) is 9.59 Å². The molecule has 0 unspecified atom stereocenters. The van der Waals surface area contributed by atoms with Crippen molar-refractivity contribution in [3.8, 4) is 0 Å². The molecule has 3 aromatic rings. The molecule has 1 aliphatic rings. The summed E-state index contributed by atoms with van der Waals surface area (Å²) in [6.07, 6.45) is 1.37. The number of nitrogens with one attached hydrogen (secondary N) is 2. The molecular formula is C25H26FN5O3. The van der Waals surface area contributed by atoms with Crippen LogP contribution < -0.4 is 5.32 Å². The highest BCUT2D eigenvalue weighted by Crippen LogP contribution is 2.23. The molecular weight excluding hydrogens is 437 g/mol. The van der Waals surface area contributed by atoms with E-state index in [1.807, 2.05) is 49.1 Å². The number of amides is 3. The van der Waals surface area contributed by atoms with Crippen LogP contribution in [0.3, 0.4) is 0 Å². The zero-order valence-corrected chi connectivity index (χ0v) is 19.0. The average molecular weight is 464 g/mol. The number of aromatic amines is 1. The van der Waals surface area contributed by atoms with Crippen molar-refractivity contribution >= 4 is 34.5 Å². The van der Waals surface area contributed by atoms with Crippen LogP contribution in [0, 0.1) is 5.82 Å². The number of carbonyl (C=O) groups is 3. The largest absolute Gasteiger partial charge is 0.360 e. The number of fused-ring (bicyclic) bond motifs is 1. The number of H-pyrrole nitrogens is 1. The van der Waals surface area contributed by atoms with Gasteiger partial charge >= 0.3 is 6.03 Å². The summed E-state index contributed by atoms with van der Waals surface area (Å²) < 4.78 is 14.3. The second-order valence-corrected chi connectivity index (χ2v) is 8.38. The number of amidine groups is 1. The van der Waals surface area contributed by atoms with E-state index in [0.717, 1.165) is 5.56 Å². The molecule has 0 aliphatic carbocycles. The number of aromatic nitrogens is 1. The SMILES string of the molecule is CC(C)NC(=O)/N=C(\c1ccccc1)N1CCN(C(=O)C(=O)c2c[nH]c3cccc(F)c23)CC1. The Morgan fingerprint density at radius 3 is 2.32 bits per heavy atom. The van der Waals surface area contributed by atoms with Gasteiger partial charge in [0.05, 0.1) is 5.56 Å². The summed E-state index contributed by atoms with van der Waals surface area (Å²) in [6.45, 7) is 5.04. The summed E-state index contributed by atoms with van der Waals surface area (Å²) in [7, 11) is 0. The Morgan fingerprint density at radius 2 is 1.65 bits per heavy atom. The monoisotopic (exact) mass is 463 g/mol. The standard InChI is InChI=1S/C25H26FN5O3/c1-16(2)28-25(34)29-23(17-7-4-3-5-8-17)30-11-13-31(14-12-30)24(33)22(32)18-15-27-20-10-6-9-19(26)21(18)20/h3-10,15-16,27H,11-14H2,1-2H3,(H,28,34)/b29-23+. The van der Waals surface area contributed by atoms with Gasteiger partial charge in [-0.05, 0) is 26.0 Å². The number of carbonyl (C=O) groups excluding carboxylic acids is 3. The van der Waals surface area contributed by atoms with Gasteiger partial charge in [-0.15, -0.1) is 0 Å². The molecule has 1 aliphatic heterocycles. The fraction of sp³-hybridized carbons (Fsp3) is 0.280. The molecule has 1 saturated heterocycles. The number of halogens is 1. The molecule has 4 rings (SSSR count). The molecule has 0 atom stereocenters. The Morgan fingerprint density at radius 1 is 0.971 bits per heavy atom. The number of piperazine rings is 1. The molecule has 1 fully saturated rings. The molecule has 2 heterocycles. The van der Waals surface area contributed by atoms with E-state index < -0.39 is 23.5 Å². The lowest BCUT2D eigenvalue weighted by Gasteiger charge is -2.36. The zero-order chi connectivity index (χ0) is 24.2. The summed E-state index contributed by atoms with van der Waals surface area (Å²) in [5.74, 6) is -1.48. The maximum absolute atomic E-state index is 14.3. The lowest BCUT2D eigenvalue weighted by Crippen LogP contribution is -2.52. The minimum atomic E-state index is -0.752. The fourth-order valence-electron chi connectivity index (χ4n) is 3.98. The molecule has 0 spiro atoms. The molecule has 0 radical (unpaired) electrons. The number of hydrogen-bond donors (Lipinski definition) is 2. The maximum Gasteiger partial charge on any atom is 0.343 e. The van der Waals surface area contributed by atoms with Gasteiger partial charge in [0, 0.05) is 54.9 Å². The highest BCUT2D eigenvalue weighted by Gasteiger charge is 2.30. The van der Waals surface area contributed by atoms with Crippen LogP contribution in [0.25, 0.3) is 10.9 Å². The molecule has 2 N–H and O–H groups in total. The van der Waals surface area contributed by atoms with E-state index in [-0.39, 0.29) is 30.1 Å². The Kier molecular flexibility index (Phi) is 6.72. The van der Waals surface area contributed by atoms with Crippen molar-refractivity contribution in [1.82, 2.24) is 20.1 Å². The quantitative estimate of drug-likeness (QED) is 0.269. The molecule has 1 aromatic heterocycles. The van der Waals surface area contributed by atoms with E-state index in [9.17, 15) is 18.8 Å². The van der Waals surface area contributed by atoms with E-state index in [1.54, 1.807) is 6.07 Å². The van der Waals surface area contributed by atoms with E-state index >= 15 is 0 Å². The van der Waals surface area contributed by atoms with Gasteiger partial charge in [-0.25, -0.2) is 9.18 Å². The Hall–Kier alpha value is -4.01. The average Bonchev–Trinajstić information content (AvgIpc) is 3.27. The topological polar surface area (TPSA) is 97.9 Å². The van der Waals surface area contributed by atoms with Crippen LogP contribution in [0.15, 0.2) is 59.7 Å². The van der Waals surface area contributed by atoms with Crippen LogP contribution in [-0.2, 0) is 4.79 Å². The molecule has 34 heavy (non-hydrogen) atoms. The minimum Gasteiger partial charge on any atom is -0.360 e. The van der Waals surface area contributed by atoms with Crippen LogP contribution in [0.1, 0.15) is 29.8 Å². The second kappa shape index (κ2) is 9.86. The van der Waals surface area contributed by atoms with E-state index in [2.05, 4.69) is 15.3 Å². The van der Waals surface area contributed by atoms with Crippen molar-refractivity contribution in [3.05, 3.63) is 71.7 Å². The summed E-state index contributed by atoms with van der Waals surface area (Å²) >= 11 is 0. The predicted octanol–water partition coefficient (Wildman–Crippen LogP) is 3.20. The third kappa shape index (κ3) is 4.83. The number of nitrogens with zero attached hydrogens (tertiary/aromatic N) is 3. The number of rotatable bonds is 4. The maximum atomic E-state index is 14.3. The van der Waals surface area contributed by atoms with Crippen molar-refractivity contribution in [2.45, 2.75) is 19.9 Å². The molecule has 2 aromatic carbocycles. The van der Waals surface area contributed by atoms with E-state index in [4.69, 9.17) is 0 Å². The van der Waals surface area contributed by atoms with Gasteiger partial charge in [-0.1, -0.05) is 36.4 Å². The van der Waals surface area contributed by atoms with Crippen LogP contribution in [0.2, 0.25) is 0 Å². The first-order valence-corrected chi connectivity index (χ1v) is 11.1. The zero-order valence-electron chi connectivity index (χ0n) is 19.0. The first kappa shape index (κ1) is 23.2. The van der Waals surface area contributed by atoms with E-state index in [1.165, 1.54) is 23.2 Å². The molecule has 0 saturated carbocycles. The van der Waals surface area contributed by atoms with Crippen LogP contribution in [0.5, 0.6) is 0 Å². The predicted molar refractivity (Wildman–Crippen MR) is 127 cm³/mol. The molecule has 0 bridgehead atoms. The van der Waals surface area contributed by atoms with Gasteiger partial charge in [0.15, 0.2) is 0 Å². The lowest BCUT2D eigenvalue weighted by atomic mass is 10.1. The summed E-state index contributed by atoms with van der Waals surface area (Å²) in [4.78, 5) is 48.7. The van der Waals surface area contributed by atoms with Crippen molar-refractivity contribution in [1.29, 1.82) is 0 Å². The third-order valence-corrected chi connectivity index (χ3v) is 5.61. The van der Waals surface area contributed by atoms with Gasteiger partial charge in [-0.2, -0.15) is 4.99 Å². The number of Topliss-reactive ketones (excluding diaryl/α,β-unsaturated/α-hetero) is 1. The minimum absolute atomic E-state index is 0.0254.